The molecule has 0 aromatic rings. The number of hydroxylamine groups is 2. The molecule has 5 amide bonds. The Labute approximate surface area is 251 Å². The van der Waals surface area contributed by atoms with Gasteiger partial charge in [-0.05, 0) is 6.42 Å². The molecule has 0 saturated carbocycles. The van der Waals surface area contributed by atoms with Crippen molar-refractivity contribution in [2.75, 3.05) is 65.9 Å². The standard InChI is InChI=1S/C25H38N4O15/c30-18(2-1-17(25(38)39)28-19(31)3-6-23(35)36)26-7-9-40-11-13-42-15-20(32)27-8-10-41-12-14-43-16-24(37)44-29-21(33)4-5-22(29)34/h17H,1-16H2,(H,26,30)(H,27,32)(H,28,31)(H,35,36)(H,38,39)/t17-/m0/s1. The predicted molar refractivity (Wildman–Crippen MR) is 142 cm³/mol. The number of hydrogen-bond donors (Lipinski definition) is 5. The van der Waals surface area contributed by atoms with E-state index in [0.29, 0.717) is 5.06 Å². The predicted octanol–water partition coefficient (Wildman–Crippen LogP) is -2.89. The zero-order valence-corrected chi connectivity index (χ0v) is 24.0. The Morgan fingerprint density at radius 3 is 1.80 bits per heavy atom. The fourth-order valence-electron chi connectivity index (χ4n) is 3.23. The van der Waals surface area contributed by atoms with Crippen molar-refractivity contribution >= 4 is 47.4 Å². The summed E-state index contributed by atoms with van der Waals surface area (Å²) in [4.78, 5) is 95.8. The van der Waals surface area contributed by atoms with Gasteiger partial charge in [-0.1, -0.05) is 0 Å². The largest absolute Gasteiger partial charge is 0.481 e. The van der Waals surface area contributed by atoms with E-state index in [1.54, 1.807) is 0 Å². The van der Waals surface area contributed by atoms with Gasteiger partial charge in [0.1, 0.15) is 19.3 Å². The first kappa shape index (κ1) is 37.8. The van der Waals surface area contributed by atoms with E-state index in [-0.39, 0.29) is 97.3 Å². The number of rotatable bonds is 25. The Morgan fingerprint density at radius 2 is 1.23 bits per heavy atom. The van der Waals surface area contributed by atoms with Crippen LogP contribution in [0.25, 0.3) is 0 Å². The third kappa shape index (κ3) is 18.4. The molecule has 0 aliphatic carbocycles. The van der Waals surface area contributed by atoms with Gasteiger partial charge in [0, 0.05) is 38.8 Å². The summed E-state index contributed by atoms with van der Waals surface area (Å²) in [5, 5.41) is 25.4. The molecule has 0 unspecified atom stereocenters. The number of amides is 5. The summed E-state index contributed by atoms with van der Waals surface area (Å²) in [6, 6.07) is -1.32. The minimum atomic E-state index is -1.34. The van der Waals surface area contributed by atoms with Gasteiger partial charge in [0.2, 0.25) is 17.7 Å². The Bertz CT molecular complexity index is 990. The van der Waals surface area contributed by atoms with Crippen molar-refractivity contribution in [2.45, 2.75) is 44.6 Å². The maximum Gasteiger partial charge on any atom is 0.358 e. The van der Waals surface area contributed by atoms with Crippen molar-refractivity contribution in [2.24, 2.45) is 0 Å². The first-order valence-electron chi connectivity index (χ1n) is 13.6. The Hall–Kier alpha value is -4.20. The van der Waals surface area contributed by atoms with Crippen molar-refractivity contribution in [3.63, 3.8) is 0 Å². The number of imide groups is 1. The van der Waals surface area contributed by atoms with Crippen molar-refractivity contribution in [1.82, 2.24) is 21.0 Å². The van der Waals surface area contributed by atoms with Gasteiger partial charge in [-0.2, -0.15) is 0 Å². The van der Waals surface area contributed by atoms with Crippen LogP contribution in [-0.2, 0) is 62.1 Å². The van der Waals surface area contributed by atoms with Gasteiger partial charge in [-0.15, -0.1) is 5.06 Å². The van der Waals surface area contributed by atoms with Gasteiger partial charge in [0.05, 0.1) is 46.1 Å². The number of nitrogens with zero attached hydrogens (tertiary/aromatic N) is 1. The Morgan fingerprint density at radius 1 is 0.682 bits per heavy atom. The Balaban J connectivity index is 1.93. The molecule has 1 fully saturated rings. The highest BCUT2D eigenvalue weighted by Gasteiger charge is 2.32. The van der Waals surface area contributed by atoms with Gasteiger partial charge < -0.3 is 49.9 Å². The molecular weight excluding hydrogens is 596 g/mol. The molecule has 44 heavy (non-hydrogen) atoms. The lowest BCUT2D eigenvalue weighted by Gasteiger charge is -2.14. The molecule has 19 heteroatoms. The maximum absolute atomic E-state index is 11.9. The maximum atomic E-state index is 11.9. The monoisotopic (exact) mass is 634 g/mol. The average Bonchev–Trinajstić information content (AvgIpc) is 3.28. The van der Waals surface area contributed by atoms with E-state index in [2.05, 4.69) is 20.8 Å². The molecule has 5 N–H and O–H groups in total. The third-order valence-corrected chi connectivity index (χ3v) is 5.39. The molecule has 0 aromatic carbocycles. The van der Waals surface area contributed by atoms with Crippen LogP contribution >= 0.6 is 0 Å². The molecule has 0 aromatic heterocycles. The first-order valence-corrected chi connectivity index (χ1v) is 13.6. The van der Waals surface area contributed by atoms with Crippen LogP contribution in [0.4, 0.5) is 0 Å². The first-order chi connectivity index (χ1) is 21.0. The number of carbonyl (C=O) groups is 8. The van der Waals surface area contributed by atoms with E-state index in [1.165, 1.54) is 0 Å². The van der Waals surface area contributed by atoms with Gasteiger partial charge in [0.15, 0.2) is 0 Å². The zero-order valence-electron chi connectivity index (χ0n) is 24.0. The lowest BCUT2D eigenvalue weighted by Crippen LogP contribution is -2.41. The molecule has 0 bridgehead atoms. The van der Waals surface area contributed by atoms with E-state index in [4.69, 9.17) is 29.2 Å². The molecule has 248 valence electrons. The van der Waals surface area contributed by atoms with Crippen LogP contribution in [0, 0.1) is 0 Å². The fourth-order valence-corrected chi connectivity index (χ4v) is 3.23. The van der Waals surface area contributed by atoms with E-state index in [0.717, 1.165) is 0 Å². The van der Waals surface area contributed by atoms with Crippen LogP contribution in [0.3, 0.4) is 0 Å². The lowest BCUT2D eigenvalue weighted by molar-refractivity contribution is -0.200. The molecule has 0 radical (unpaired) electrons. The van der Waals surface area contributed by atoms with Crippen LogP contribution in [0.15, 0.2) is 0 Å². The molecule has 0 spiro atoms. The van der Waals surface area contributed by atoms with Crippen LogP contribution in [0.1, 0.15) is 38.5 Å². The fraction of sp³-hybridized carbons (Fsp3) is 0.680. The SMILES string of the molecule is O=C(O)CCC(=O)N[C@@H](CCC(=O)NCCOCCOCC(=O)NCCOCCOCC(=O)ON1C(=O)CCC1=O)C(=O)O. The zero-order chi connectivity index (χ0) is 32.7. The number of ether oxygens (including phenoxy) is 4. The number of carbonyl (C=O) groups excluding carboxylic acids is 6. The van der Waals surface area contributed by atoms with Crippen molar-refractivity contribution in [1.29, 1.82) is 0 Å². The van der Waals surface area contributed by atoms with Crippen LogP contribution in [0.5, 0.6) is 0 Å². The average molecular weight is 635 g/mol. The molecule has 1 rings (SSSR count). The molecule has 19 nitrogen and oxygen atoms in total. The van der Waals surface area contributed by atoms with E-state index in [1.807, 2.05) is 0 Å². The molecule has 1 aliphatic heterocycles. The van der Waals surface area contributed by atoms with E-state index < -0.39 is 60.6 Å². The van der Waals surface area contributed by atoms with Crippen LogP contribution in [-0.4, -0.2) is 135 Å². The second-order valence-electron chi connectivity index (χ2n) is 8.97. The topological polar surface area (TPSA) is 262 Å². The van der Waals surface area contributed by atoms with Gasteiger partial charge in [0.25, 0.3) is 11.8 Å². The molecule has 1 atom stereocenters. The highest BCUT2D eigenvalue weighted by molar-refractivity contribution is 6.01. The van der Waals surface area contributed by atoms with Crippen molar-refractivity contribution < 1.29 is 72.4 Å². The summed E-state index contributed by atoms with van der Waals surface area (Å²) in [5.74, 6) is -6.17. The molecular formula is C25H38N4O15. The summed E-state index contributed by atoms with van der Waals surface area (Å²) < 4.78 is 20.7. The van der Waals surface area contributed by atoms with Gasteiger partial charge in [-0.3, -0.25) is 28.8 Å². The molecule has 1 heterocycles. The number of nitrogens with one attached hydrogen (secondary N) is 3. The lowest BCUT2D eigenvalue weighted by atomic mass is 10.1. The summed E-state index contributed by atoms with van der Waals surface area (Å²) in [5.41, 5.74) is 0. The highest BCUT2D eigenvalue weighted by atomic mass is 16.7. The minimum Gasteiger partial charge on any atom is -0.481 e. The second-order valence-corrected chi connectivity index (χ2v) is 8.97. The highest BCUT2D eigenvalue weighted by Crippen LogP contribution is 2.12. The summed E-state index contributed by atoms with van der Waals surface area (Å²) in [6.45, 7) is 0.374. The smallest absolute Gasteiger partial charge is 0.358 e. The van der Waals surface area contributed by atoms with Gasteiger partial charge >= 0.3 is 17.9 Å². The van der Waals surface area contributed by atoms with Crippen LogP contribution < -0.4 is 16.0 Å². The summed E-state index contributed by atoms with van der Waals surface area (Å²) in [6.07, 6.45) is -1.17. The Kier molecular flexibility index (Phi) is 19.2. The molecule has 1 saturated heterocycles. The summed E-state index contributed by atoms with van der Waals surface area (Å²) in [7, 11) is 0. The quantitative estimate of drug-likeness (QED) is 0.0498. The van der Waals surface area contributed by atoms with Crippen LogP contribution in [0.2, 0.25) is 0 Å². The number of hydrogen-bond acceptors (Lipinski definition) is 13. The van der Waals surface area contributed by atoms with Gasteiger partial charge in [-0.25, -0.2) is 9.59 Å². The van der Waals surface area contributed by atoms with E-state index in [9.17, 15) is 38.4 Å². The van der Waals surface area contributed by atoms with Crippen molar-refractivity contribution in [3.8, 4) is 0 Å². The number of aliphatic carboxylic acids is 2. The third-order valence-electron chi connectivity index (χ3n) is 5.39. The number of carboxylic acids is 2. The van der Waals surface area contributed by atoms with Crippen molar-refractivity contribution in [3.05, 3.63) is 0 Å². The van der Waals surface area contributed by atoms with E-state index >= 15 is 0 Å². The summed E-state index contributed by atoms with van der Waals surface area (Å²) >= 11 is 0. The second kappa shape index (κ2) is 22.4. The minimum absolute atomic E-state index is 0.00316. The molecule has 1 aliphatic rings. The normalized spacial score (nSPS) is 13.3. The number of carboxylic acid groups (broad SMARTS) is 2.